The molecule has 0 spiro atoms. The Bertz CT molecular complexity index is 1050. The number of nitrogens with zero attached hydrogens (tertiary/aromatic N) is 5. The number of hydrogen-bond acceptors (Lipinski definition) is 5. The van der Waals surface area contributed by atoms with Gasteiger partial charge in [0.2, 0.25) is 0 Å². The van der Waals surface area contributed by atoms with Gasteiger partial charge < -0.3 is 0 Å². The van der Waals surface area contributed by atoms with Crippen molar-refractivity contribution < 1.29 is 0 Å². The van der Waals surface area contributed by atoms with Crippen LogP contribution in [0.5, 0.6) is 0 Å². The van der Waals surface area contributed by atoms with Gasteiger partial charge in [-0.1, -0.05) is 12.1 Å². The molecule has 2 aliphatic rings. The molecule has 1 saturated heterocycles. The van der Waals surface area contributed by atoms with Crippen LogP contribution in [0.1, 0.15) is 48.9 Å². The zero-order valence-corrected chi connectivity index (χ0v) is 16.2. The number of hydrogen-bond donors (Lipinski definition) is 0. The molecule has 2 fully saturated rings. The number of rotatable bonds is 5. The van der Waals surface area contributed by atoms with Gasteiger partial charge in [-0.05, 0) is 57.2 Å². The first-order valence-electron chi connectivity index (χ1n) is 10.2. The van der Waals surface area contributed by atoms with Gasteiger partial charge in [0, 0.05) is 31.0 Å². The highest BCUT2D eigenvalue weighted by Gasteiger charge is 2.32. The molecule has 1 atom stereocenters. The van der Waals surface area contributed by atoms with Gasteiger partial charge in [-0.2, -0.15) is 0 Å². The highest BCUT2D eigenvalue weighted by Crippen LogP contribution is 2.35. The number of para-hydroxylation sites is 1. The predicted octanol–water partition coefficient (Wildman–Crippen LogP) is 3.24. The van der Waals surface area contributed by atoms with E-state index in [1.54, 1.807) is 0 Å². The summed E-state index contributed by atoms with van der Waals surface area (Å²) >= 11 is 0. The van der Waals surface area contributed by atoms with Crippen molar-refractivity contribution in [1.29, 1.82) is 0 Å². The summed E-state index contributed by atoms with van der Waals surface area (Å²) < 4.78 is 1.97. The van der Waals surface area contributed by atoms with Crippen LogP contribution in [-0.4, -0.2) is 31.0 Å². The van der Waals surface area contributed by atoms with Crippen LogP contribution in [0.2, 0.25) is 0 Å². The lowest BCUT2D eigenvalue weighted by molar-refractivity contribution is 0.231. The van der Waals surface area contributed by atoms with Crippen molar-refractivity contribution in [3.05, 3.63) is 64.2 Å². The number of benzene rings is 1. The first-order chi connectivity index (χ1) is 13.7. The van der Waals surface area contributed by atoms with Crippen LogP contribution in [0.25, 0.3) is 10.9 Å². The number of likely N-dealkylation sites (tertiary alicyclic amines) is 1. The van der Waals surface area contributed by atoms with Crippen LogP contribution in [0.4, 0.5) is 0 Å². The Hall–Kier alpha value is -2.60. The van der Waals surface area contributed by atoms with Crippen LogP contribution < -0.4 is 5.56 Å². The van der Waals surface area contributed by atoms with Crippen LogP contribution in [0, 0.1) is 12.8 Å². The summed E-state index contributed by atoms with van der Waals surface area (Å²) in [6.45, 7) is 4.49. The third-order valence-electron chi connectivity index (χ3n) is 5.91. The molecule has 0 radical (unpaired) electrons. The van der Waals surface area contributed by atoms with Gasteiger partial charge in [-0.25, -0.2) is 15.0 Å². The van der Waals surface area contributed by atoms with E-state index < -0.39 is 0 Å². The maximum absolute atomic E-state index is 13.3. The average molecular weight is 375 g/mol. The van der Waals surface area contributed by atoms with Crippen molar-refractivity contribution in [3.63, 3.8) is 0 Å². The maximum Gasteiger partial charge on any atom is 0.261 e. The summed E-state index contributed by atoms with van der Waals surface area (Å²) in [5.74, 6) is 2.34. The van der Waals surface area contributed by atoms with Gasteiger partial charge in [0.15, 0.2) is 0 Å². The Morgan fingerprint density at radius 1 is 1.11 bits per heavy atom. The highest BCUT2D eigenvalue weighted by atomic mass is 16.1. The Labute approximate surface area is 164 Å². The van der Waals surface area contributed by atoms with E-state index in [9.17, 15) is 4.79 Å². The summed E-state index contributed by atoms with van der Waals surface area (Å²) in [6.07, 6.45) is 8.39. The molecule has 0 bridgehead atoms. The molecule has 144 valence electrons. The largest absolute Gasteiger partial charge is 0.295 e. The van der Waals surface area contributed by atoms with Gasteiger partial charge >= 0.3 is 0 Å². The van der Waals surface area contributed by atoms with E-state index >= 15 is 0 Å². The fraction of sp³-hybridized carbons (Fsp3) is 0.455. The summed E-state index contributed by atoms with van der Waals surface area (Å²) in [6, 6.07) is 7.89. The molecule has 6 heteroatoms. The second kappa shape index (κ2) is 7.09. The Morgan fingerprint density at radius 3 is 2.68 bits per heavy atom. The molecule has 0 N–H and O–H groups in total. The molecule has 3 aromatic rings. The van der Waals surface area contributed by atoms with Crippen LogP contribution in [-0.2, 0) is 13.1 Å². The van der Waals surface area contributed by atoms with E-state index in [4.69, 9.17) is 4.98 Å². The van der Waals surface area contributed by atoms with E-state index in [2.05, 4.69) is 14.9 Å². The summed E-state index contributed by atoms with van der Waals surface area (Å²) in [4.78, 5) is 29.3. The molecule has 5 rings (SSSR count). The number of fused-ring (bicyclic) bond motifs is 1. The molecule has 1 aromatic carbocycles. The van der Waals surface area contributed by atoms with E-state index in [0.29, 0.717) is 5.92 Å². The van der Waals surface area contributed by atoms with E-state index in [1.165, 1.54) is 12.8 Å². The van der Waals surface area contributed by atoms with Crippen molar-refractivity contribution in [3.8, 4) is 0 Å². The smallest absolute Gasteiger partial charge is 0.261 e. The molecule has 1 saturated carbocycles. The third kappa shape index (κ3) is 3.33. The fourth-order valence-electron chi connectivity index (χ4n) is 4.22. The van der Waals surface area contributed by atoms with Gasteiger partial charge in [0.1, 0.15) is 11.6 Å². The van der Waals surface area contributed by atoms with Crippen molar-refractivity contribution in [2.24, 2.45) is 5.92 Å². The minimum absolute atomic E-state index is 0.109. The van der Waals surface area contributed by atoms with Gasteiger partial charge in [0.05, 0.1) is 16.9 Å². The van der Waals surface area contributed by atoms with E-state index in [1.807, 2.05) is 48.1 Å². The van der Waals surface area contributed by atoms with Crippen molar-refractivity contribution in [1.82, 2.24) is 24.4 Å². The molecule has 3 heterocycles. The topological polar surface area (TPSA) is 63.9 Å². The zero-order chi connectivity index (χ0) is 19.1. The molecule has 1 aliphatic carbocycles. The van der Waals surface area contributed by atoms with E-state index in [-0.39, 0.29) is 11.6 Å². The molecule has 6 nitrogen and oxygen atoms in total. The monoisotopic (exact) mass is 375 g/mol. The van der Waals surface area contributed by atoms with Crippen LogP contribution in [0.15, 0.2) is 41.5 Å². The lowest BCUT2D eigenvalue weighted by atomic mass is 10.1. The average Bonchev–Trinajstić information content (AvgIpc) is 3.42. The quantitative estimate of drug-likeness (QED) is 0.685. The lowest BCUT2D eigenvalue weighted by Crippen LogP contribution is -2.32. The second-order valence-corrected chi connectivity index (χ2v) is 8.11. The first kappa shape index (κ1) is 17.5. The van der Waals surface area contributed by atoms with Gasteiger partial charge in [-0.15, -0.1) is 0 Å². The lowest BCUT2D eigenvalue weighted by Gasteiger charge is -2.26. The number of aryl methyl sites for hydroxylation is 1. The minimum Gasteiger partial charge on any atom is -0.295 e. The summed E-state index contributed by atoms with van der Waals surface area (Å²) in [5.41, 5.74) is 2.02. The van der Waals surface area contributed by atoms with Crippen LogP contribution in [0.3, 0.4) is 0 Å². The summed E-state index contributed by atoms with van der Waals surface area (Å²) in [5, 5.41) is 0.725. The molecule has 2 aromatic heterocycles. The van der Waals surface area contributed by atoms with Crippen molar-refractivity contribution >= 4 is 10.9 Å². The SMILES string of the molecule is Cc1ncc(CN2CCCC2c2nc3ccccc3c(=O)n2CC2CC2)cn1. The van der Waals surface area contributed by atoms with Crippen molar-refractivity contribution in [2.45, 2.75) is 51.7 Å². The normalized spacial score (nSPS) is 20.1. The Morgan fingerprint density at radius 2 is 1.89 bits per heavy atom. The molecular formula is C22H25N5O. The van der Waals surface area contributed by atoms with Gasteiger partial charge in [0.25, 0.3) is 5.56 Å². The third-order valence-corrected chi connectivity index (χ3v) is 5.91. The fourth-order valence-corrected chi connectivity index (χ4v) is 4.22. The highest BCUT2D eigenvalue weighted by molar-refractivity contribution is 5.77. The Balaban J connectivity index is 1.54. The zero-order valence-electron chi connectivity index (χ0n) is 16.2. The number of aromatic nitrogens is 4. The minimum atomic E-state index is 0.109. The standard InChI is InChI=1S/C22H25N5O/c1-15-23-11-17(12-24-15)13-26-10-4-7-20(26)21-25-19-6-3-2-5-18(19)22(28)27(21)14-16-8-9-16/h2-3,5-6,11-12,16,20H,4,7-10,13-14H2,1H3. The van der Waals surface area contributed by atoms with Crippen molar-refractivity contribution in [2.75, 3.05) is 6.54 Å². The molecule has 1 unspecified atom stereocenters. The molecule has 1 aliphatic heterocycles. The summed E-state index contributed by atoms with van der Waals surface area (Å²) in [7, 11) is 0. The first-order valence-corrected chi connectivity index (χ1v) is 10.2. The van der Waals surface area contributed by atoms with Crippen LogP contribution >= 0.6 is 0 Å². The Kier molecular flexibility index (Phi) is 4.43. The predicted molar refractivity (Wildman–Crippen MR) is 108 cm³/mol. The maximum atomic E-state index is 13.3. The molecule has 0 amide bonds. The molecular weight excluding hydrogens is 350 g/mol. The van der Waals surface area contributed by atoms with E-state index in [0.717, 1.165) is 60.6 Å². The second-order valence-electron chi connectivity index (χ2n) is 8.11. The van der Waals surface area contributed by atoms with Gasteiger partial charge in [-0.3, -0.25) is 14.3 Å². The molecule has 28 heavy (non-hydrogen) atoms.